The van der Waals surface area contributed by atoms with E-state index >= 15 is 0 Å². The molecule has 1 N–H and O–H groups in total. The molecule has 0 saturated heterocycles. The maximum atomic E-state index is 11.9. The van der Waals surface area contributed by atoms with Crippen LogP contribution < -0.4 is 10.2 Å². The van der Waals surface area contributed by atoms with Gasteiger partial charge in [0.15, 0.2) is 11.5 Å². The van der Waals surface area contributed by atoms with E-state index < -0.39 is 5.97 Å². The summed E-state index contributed by atoms with van der Waals surface area (Å²) in [5, 5.41) is 2.50. The monoisotopic (exact) mass is 282 g/mol. The minimum atomic E-state index is -0.396. The Morgan fingerprint density at radius 3 is 2.55 bits per heavy atom. The van der Waals surface area contributed by atoms with E-state index in [0.717, 1.165) is 0 Å². The number of carbonyl (C=O) groups is 3. The van der Waals surface area contributed by atoms with Gasteiger partial charge in [0, 0.05) is 27.9 Å². The Balaban J connectivity index is 3.03. The molecule has 110 valence electrons. The summed E-state index contributed by atoms with van der Waals surface area (Å²) in [5.74, 6) is -0.735. The van der Waals surface area contributed by atoms with Gasteiger partial charge < -0.3 is 14.6 Å². The van der Waals surface area contributed by atoms with Crippen LogP contribution in [0, 0.1) is 0 Å². The fraction of sp³-hybridized carbons (Fsp3) is 0.500. The zero-order chi connectivity index (χ0) is 15.3. The molecule has 1 heterocycles. The van der Waals surface area contributed by atoms with Crippen molar-refractivity contribution in [1.82, 2.24) is 14.9 Å². The van der Waals surface area contributed by atoms with Crippen LogP contribution in [0.4, 0.5) is 5.82 Å². The Labute approximate surface area is 116 Å². The van der Waals surface area contributed by atoms with Crippen LogP contribution >= 0.6 is 0 Å². The molecule has 0 bridgehead atoms. The zero-order valence-electron chi connectivity index (χ0n) is 12.0. The second kappa shape index (κ2) is 6.69. The number of rotatable bonds is 5. The molecule has 0 aliphatic heterocycles. The quantitative estimate of drug-likeness (QED) is 0.754. The number of aromatic nitrogens is 2. The van der Waals surface area contributed by atoms with Gasteiger partial charge in [-0.2, -0.15) is 0 Å². The van der Waals surface area contributed by atoms with Gasteiger partial charge in [-0.3, -0.25) is 19.3 Å². The normalized spacial score (nSPS) is 10.0. The smallest absolute Gasteiger partial charge is 0.302 e. The average Bonchev–Trinajstić information content (AvgIpc) is 2.80. The van der Waals surface area contributed by atoms with Crippen molar-refractivity contribution in [2.24, 2.45) is 0 Å². The first kappa shape index (κ1) is 15.7. The fourth-order valence-corrected chi connectivity index (χ4v) is 1.57. The van der Waals surface area contributed by atoms with Crippen LogP contribution in [0.15, 0.2) is 6.33 Å². The highest BCUT2D eigenvalue weighted by Gasteiger charge is 2.22. The summed E-state index contributed by atoms with van der Waals surface area (Å²) in [6, 6.07) is 0. The van der Waals surface area contributed by atoms with Crippen molar-refractivity contribution in [3.8, 4) is 0 Å². The largest absolute Gasteiger partial charge is 0.464 e. The third-order valence-corrected chi connectivity index (χ3v) is 2.69. The van der Waals surface area contributed by atoms with Crippen molar-refractivity contribution >= 4 is 23.6 Å². The van der Waals surface area contributed by atoms with Gasteiger partial charge in [0.25, 0.3) is 5.91 Å². The van der Waals surface area contributed by atoms with Gasteiger partial charge in [-0.1, -0.05) is 0 Å². The van der Waals surface area contributed by atoms with Crippen LogP contribution in [-0.2, 0) is 20.9 Å². The summed E-state index contributed by atoms with van der Waals surface area (Å²) >= 11 is 0. The van der Waals surface area contributed by atoms with E-state index in [2.05, 4.69) is 10.3 Å². The number of hydrogen-bond acceptors (Lipinski definition) is 5. The van der Waals surface area contributed by atoms with Crippen LogP contribution in [-0.4, -0.2) is 48.0 Å². The summed E-state index contributed by atoms with van der Waals surface area (Å²) in [6.45, 7) is 3.09. The Kier molecular flexibility index (Phi) is 5.24. The molecule has 1 aromatic heterocycles. The lowest BCUT2D eigenvalue weighted by Gasteiger charge is -2.15. The SMILES string of the molecule is CNC(=O)c1c(N(C)C(C)=O)ncn1CCOC(C)=O. The number of anilines is 1. The Bertz CT molecular complexity index is 524. The summed E-state index contributed by atoms with van der Waals surface area (Å²) in [4.78, 5) is 39.4. The van der Waals surface area contributed by atoms with Crippen LogP contribution in [0.5, 0.6) is 0 Å². The van der Waals surface area contributed by atoms with Crippen molar-refractivity contribution < 1.29 is 19.1 Å². The highest BCUT2D eigenvalue weighted by Crippen LogP contribution is 2.17. The van der Waals surface area contributed by atoms with Gasteiger partial charge in [-0.25, -0.2) is 4.98 Å². The minimum Gasteiger partial charge on any atom is -0.464 e. The molecule has 1 aromatic rings. The van der Waals surface area contributed by atoms with E-state index in [1.807, 2.05) is 0 Å². The van der Waals surface area contributed by atoms with E-state index in [0.29, 0.717) is 0 Å². The van der Waals surface area contributed by atoms with Crippen molar-refractivity contribution in [3.63, 3.8) is 0 Å². The number of nitrogens with zero attached hydrogens (tertiary/aromatic N) is 3. The molecule has 0 saturated carbocycles. The predicted octanol–water partition coefficient (Wildman–Crippen LogP) is -0.212. The Morgan fingerprint density at radius 2 is 2.05 bits per heavy atom. The molecule has 0 aromatic carbocycles. The first-order valence-corrected chi connectivity index (χ1v) is 6.03. The van der Waals surface area contributed by atoms with Crippen LogP contribution in [0.2, 0.25) is 0 Å². The molecule has 0 fully saturated rings. The van der Waals surface area contributed by atoms with Gasteiger partial charge >= 0.3 is 5.97 Å². The maximum Gasteiger partial charge on any atom is 0.302 e. The van der Waals surface area contributed by atoms with Gasteiger partial charge in [-0.15, -0.1) is 0 Å². The average molecular weight is 282 g/mol. The fourth-order valence-electron chi connectivity index (χ4n) is 1.57. The highest BCUT2D eigenvalue weighted by molar-refractivity contribution is 6.01. The maximum absolute atomic E-state index is 11.9. The molecular weight excluding hydrogens is 264 g/mol. The molecule has 0 unspecified atom stereocenters. The zero-order valence-corrected chi connectivity index (χ0v) is 12.0. The van der Waals surface area contributed by atoms with Gasteiger partial charge in [-0.05, 0) is 0 Å². The second-order valence-corrected chi connectivity index (χ2v) is 4.11. The number of ether oxygens (including phenoxy) is 1. The van der Waals surface area contributed by atoms with E-state index in [1.165, 1.54) is 43.7 Å². The predicted molar refractivity (Wildman–Crippen MR) is 71.3 cm³/mol. The van der Waals surface area contributed by atoms with Crippen LogP contribution in [0.1, 0.15) is 24.3 Å². The second-order valence-electron chi connectivity index (χ2n) is 4.11. The number of esters is 1. The molecule has 2 amide bonds. The molecule has 0 spiro atoms. The van der Waals surface area contributed by atoms with E-state index in [1.54, 1.807) is 0 Å². The van der Waals surface area contributed by atoms with Gasteiger partial charge in [0.2, 0.25) is 5.91 Å². The molecule has 0 aliphatic carbocycles. The van der Waals surface area contributed by atoms with Crippen molar-refractivity contribution in [2.45, 2.75) is 20.4 Å². The lowest BCUT2D eigenvalue weighted by atomic mass is 10.3. The van der Waals surface area contributed by atoms with E-state index in [4.69, 9.17) is 4.74 Å². The van der Waals surface area contributed by atoms with Gasteiger partial charge in [0.1, 0.15) is 6.61 Å². The third-order valence-electron chi connectivity index (χ3n) is 2.69. The summed E-state index contributed by atoms with van der Waals surface area (Å²) < 4.78 is 6.37. The van der Waals surface area contributed by atoms with Crippen molar-refractivity contribution in [3.05, 3.63) is 12.0 Å². The topological polar surface area (TPSA) is 93.5 Å². The number of carbonyl (C=O) groups excluding carboxylic acids is 3. The molecule has 20 heavy (non-hydrogen) atoms. The van der Waals surface area contributed by atoms with Crippen molar-refractivity contribution in [1.29, 1.82) is 0 Å². The molecule has 8 heteroatoms. The molecule has 8 nitrogen and oxygen atoms in total. The Hall–Kier alpha value is -2.38. The lowest BCUT2D eigenvalue weighted by Crippen LogP contribution is -2.29. The first-order valence-electron chi connectivity index (χ1n) is 6.03. The molecule has 0 atom stereocenters. The molecule has 1 rings (SSSR count). The number of amides is 2. The highest BCUT2D eigenvalue weighted by atomic mass is 16.5. The number of imidazole rings is 1. The van der Waals surface area contributed by atoms with Crippen LogP contribution in [0.3, 0.4) is 0 Å². The standard InChI is InChI=1S/C12H18N4O4/c1-8(17)15(4)11-10(12(19)13-3)16(7-14-11)5-6-20-9(2)18/h7H,5-6H2,1-4H3,(H,13,19). The minimum absolute atomic E-state index is 0.124. The molecule has 0 radical (unpaired) electrons. The molecule has 0 aliphatic rings. The Morgan fingerprint density at radius 1 is 1.40 bits per heavy atom. The van der Waals surface area contributed by atoms with E-state index in [9.17, 15) is 14.4 Å². The first-order chi connectivity index (χ1) is 9.38. The number of hydrogen-bond donors (Lipinski definition) is 1. The molecular formula is C12H18N4O4. The third kappa shape index (κ3) is 3.56. The lowest BCUT2D eigenvalue weighted by molar-refractivity contribution is -0.141. The van der Waals surface area contributed by atoms with E-state index in [-0.39, 0.29) is 36.5 Å². The number of nitrogens with one attached hydrogen (secondary N) is 1. The summed E-state index contributed by atoms with van der Waals surface area (Å²) in [7, 11) is 3.02. The van der Waals surface area contributed by atoms with Gasteiger partial charge in [0.05, 0.1) is 12.9 Å². The summed E-state index contributed by atoms with van der Waals surface area (Å²) in [5.41, 5.74) is 0.248. The summed E-state index contributed by atoms with van der Waals surface area (Å²) in [6.07, 6.45) is 1.43. The van der Waals surface area contributed by atoms with Crippen LogP contribution in [0.25, 0.3) is 0 Å². The van der Waals surface area contributed by atoms with Crippen molar-refractivity contribution in [2.75, 3.05) is 25.6 Å².